The Morgan fingerprint density at radius 1 is 1.03 bits per heavy atom. The van der Waals surface area contributed by atoms with Crippen molar-refractivity contribution in [1.82, 2.24) is 0 Å². The Morgan fingerprint density at radius 2 is 1.73 bits per heavy atom. The Labute approximate surface area is 177 Å². The van der Waals surface area contributed by atoms with Crippen molar-refractivity contribution >= 4 is 5.97 Å². The molecule has 168 valence electrons. The second-order valence-corrected chi connectivity index (χ2v) is 8.59. The predicted molar refractivity (Wildman–Crippen MR) is 110 cm³/mol. The van der Waals surface area contributed by atoms with E-state index in [1.165, 1.54) is 0 Å². The van der Waals surface area contributed by atoms with E-state index < -0.39 is 30.6 Å². The van der Waals surface area contributed by atoms with Crippen LogP contribution in [0.15, 0.2) is 24.3 Å². The van der Waals surface area contributed by atoms with Crippen LogP contribution in [0, 0.1) is 11.8 Å². The van der Waals surface area contributed by atoms with Crippen molar-refractivity contribution in [2.45, 2.75) is 89.0 Å². The maximum atomic E-state index is 10.6. The normalized spacial score (nSPS) is 29.2. The number of unbranched alkanes of at least 4 members (excludes halogenated alkanes) is 3. The van der Waals surface area contributed by atoms with Gasteiger partial charge in [-0.25, -0.2) is 0 Å². The highest BCUT2D eigenvalue weighted by molar-refractivity contribution is 5.66. The van der Waals surface area contributed by atoms with Gasteiger partial charge in [-0.05, 0) is 50.0 Å². The first-order chi connectivity index (χ1) is 14.5. The molecular formula is C23H34O7. The number of carboxylic acid groups (broad SMARTS) is 1. The Bertz CT molecular complexity index is 679. The van der Waals surface area contributed by atoms with Crippen molar-refractivity contribution in [2.75, 3.05) is 0 Å². The number of hydrogen-bond donors (Lipinski definition) is 4. The van der Waals surface area contributed by atoms with Crippen LogP contribution in [0.5, 0.6) is 5.75 Å². The lowest BCUT2D eigenvalue weighted by Gasteiger charge is -2.31. The monoisotopic (exact) mass is 422 g/mol. The van der Waals surface area contributed by atoms with Gasteiger partial charge < -0.3 is 29.9 Å². The molecule has 0 unspecified atom stereocenters. The van der Waals surface area contributed by atoms with Crippen LogP contribution in [0.2, 0.25) is 0 Å². The lowest BCUT2D eigenvalue weighted by Crippen LogP contribution is -2.37. The van der Waals surface area contributed by atoms with Crippen LogP contribution < -0.4 is 4.74 Å². The Hall–Kier alpha value is -1.67. The number of benzene rings is 1. The van der Waals surface area contributed by atoms with Crippen molar-refractivity contribution in [2.24, 2.45) is 11.8 Å². The van der Waals surface area contributed by atoms with Gasteiger partial charge in [0.2, 0.25) is 6.29 Å². The topological polar surface area (TPSA) is 116 Å². The molecule has 1 aliphatic heterocycles. The summed E-state index contributed by atoms with van der Waals surface area (Å²) < 4.78 is 11.4. The van der Waals surface area contributed by atoms with Gasteiger partial charge in [0.1, 0.15) is 11.9 Å². The van der Waals surface area contributed by atoms with E-state index >= 15 is 0 Å². The average Bonchev–Trinajstić information content (AvgIpc) is 3.00. The summed E-state index contributed by atoms with van der Waals surface area (Å²) in [5.41, 5.74) is 0.957. The second-order valence-electron chi connectivity index (χ2n) is 8.59. The highest BCUT2D eigenvalue weighted by Crippen LogP contribution is 2.39. The second kappa shape index (κ2) is 11.1. The summed E-state index contributed by atoms with van der Waals surface area (Å²) in [5, 5.41) is 40.1. The first kappa shape index (κ1) is 23.0. The van der Waals surface area contributed by atoms with Gasteiger partial charge in [-0.1, -0.05) is 37.5 Å². The zero-order valence-corrected chi connectivity index (χ0v) is 17.4. The van der Waals surface area contributed by atoms with E-state index in [1.807, 2.05) is 24.3 Å². The molecule has 2 aliphatic rings. The summed E-state index contributed by atoms with van der Waals surface area (Å²) >= 11 is 0. The summed E-state index contributed by atoms with van der Waals surface area (Å²) in [6, 6.07) is 7.60. The number of aliphatic carboxylic acids is 1. The summed E-state index contributed by atoms with van der Waals surface area (Å²) in [5.74, 6) is -0.104. The van der Waals surface area contributed by atoms with E-state index in [-0.39, 0.29) is 18.3 Å². The zero-order valence-electron chi connectivity index (χ0n) is 17.4. The van der Waals surface area contributed by atoms with Gasteiger partial charge >= 0.3 is 5.97 Å². The molecule has 4 N–H and O–H groups in total. The summed E-state index contributed by atoms with van der Waals surface area (Å²) in [6.45, 7) is 0.396. The fourth-order valence-corrected chi connectivity index (χ4v) is 4.75. The molecule has 1 aliphatic carbocycles. The van der Waals surface area contributed by atoms with Crippen LogP contribution >= 0.6 is 0 Å². The minimum absolute atomic E-state index is 0.000548. The Kier molecular flexibility index (Phi) is 8.50. The number of ether oxygens (including phenoxy) is 2. The molecule has 1 fully saturated rings. The third-order valence-electron chi connectivity index (χ3n) is 6.43. The molecule has 1 saturated carbocycles. The number of fused-ring (bicyclic) bond motifs is 1. The number of hydrogen-bond acceptors (Lipinski definition) is 6. The molecule has 0 spiro atoms. The standard InChI is InChI=1S/C23H34O7/c24-18(23-29-14-15-7-5-6-9-21(15)30-23)12-11-17-16(19(25)13-20(17)26)8-3-1-2-4-10-22(27)28/h5-7,9,16-20,23-26H,1-4,8,10-14H2,(H,27,28)/t16-,17-,18+,19+,20-,23-/m1/s1. The van der Waals surface area contributed by atoms with E-state index in [2.05, 4.69) is 0 Å². The predicted octanol–water partition coefficient (Wildman–Crippen LogP) is 2.85. The van der Waals surface area contributed by atoms with Gasteiger partial charge in [0.05, 0.1) is 18.8 Å². The molecule has 0 radical (unpaired) electrons. The molecule has 0 bridgehead atoms. The molecule has 0 saturated heterocycles. The number of rotatable bonds is 11. The fourth-order valence-electron chi connectivity index (χ4n) is 4.75. The zero-order chi connectivity index (χ0) is 21.5. The largest absolute Gasteiger partial charge is 0.481 e. The number of aliphatic hydroxyl groups excluding tert-OH is 3. The fraction of sp³-hybridized carbons (Fsp3) is 0.696. The molecule has 7 nitrogen and oxygen atoms in total. The third kappa shape index (κ3) is 6.17. The van der Waals surface area contributed by atoms with Gasteiger partial charge in [-0.3, -0.25) is 4.79 Å². The lowest BCUT2D eigenvalue weighted by molar-refractivity contribution is -0.168. The highest BCUT2D eigenvalue weighted by Gasteiger charge is 2.41. The quantitative estimate of drug-likeness (QED) is 0.405. The summed E-state index contributed by atoms with van der Waals surface area (Å²) in [4.78, 5) is 10.6. The van der Waals surface area contributed by atoms with Crippen LogP contribution in [0.25, 0.3) is 0 Å². The van der Waals surface area contributed by atoms with Crippen molar-refractivity contribution in [3.8, 4) is 5.75 Å². The van der Waals surface area contributed by atoms with Gasteiger partial charge in [-0.2, -0.15) is 0 Å². The number of carboxylic acids is 1. The van der Waals surface area contributed by atoms with Gasteiger partial charge in [0.25, 0.3) is 0 Å². The molecular weight excluding hydrogens is 388 g/mol. The first-order valence-corrected chi connectivity index (χ1v) is 11.1. The van der Waals surface area contributed by atoms with Crippen LogP contribution in [0.4, 0.5) is 0 Å². The molecule has 0 aromatic heterocycles. The smallest absolute Gasteiger partial charge is 0.303 e. The van der Waals surface area contributed by atoms with Crippen LogP contribution in [-0.4, -0.2) is 51.0 Å². The minimum atomic E-state index is -0.806. The maximum Gasteiger partial charge on any atom is 0.303 e. The van der Waals surface area contributed by atoms with Crippen LogP contribution in [0.3, 0.4) is 0 Å². The van der Waals surface area contributed by atoms with Gasteiger partial charge in [0, 0.05) is 12.0 Å². The number of carbonyl (C=O) groups is 1. The average molecular weight is 423 g/mol. The maximum absolute atomic E-state index is 10.6. The Balaban J connectivity index is 1.43. The van der Waals surface area contributed by atoms with Crippen molar-refractivity contribution in [3.63, 3.8) is 0 Å². The van der Waals surface area contributed by atoms with E-state index in [0.29, 0.717) is 32.3 Å². The lowest BCUT2D eigenvalue weighted by atomic mass is 9.84. The molecule has 7 heteroatoms. The molecule has 1 aromatic carbocycles. The third-order valence-corrected chi connectivity index (χ3v) is 6.43. The van der Waals surface area contributed by atoms with Crippen molar-refractivity contribution in [1.29, 1.82) is 0 Å². The molecule has 3 rings (SSSR count). The van der Waals surface area contributed by atoms with Crippen molar-refractivity contribution in [3.05, 3.63) is 29.8 Å². The molecule has 30 heavy (non-hydrogen) atoms. The SMILES string of the molecule is O=C(O)CCCCCC[C@@H]1[C@@H](CC[C@H](O)[C@@H]2OCc3ccccc3O2)[C@H](O)C[C@@H]1O. The first-order valence-electron chi connectivity index (χ1n) is 11.1. The molecule has 6 atom stereocenters. The van der Waals surface area contributed by atoms with E-state index in [0.717, 1.165) is 37.0 Å². The van der Waals surface area contributed by atoms with E-state index in [1.54, 1.807) is 0 Å². The van der Waals surface area contributed by atoms with Crippen molar-refractivity contribution < 1.29 is 34.7 Å². The van der Waals surface area contributed by atoms with E-state index in [9.17, 15) is 20.1 Å². The van der Waals surface area contributed by atoms with E-state index in [4.69, 9.17) is 14.6 Å². The summed E-state index contributed by atoms with van der Waals surface area (Å²) in [6.07, 6.45) is 3.10. The number of para-hydroxylation sites is 1. The van der Waals surface area contributed by atoms with Crippen LogP contribution in [0.1, 0.15) is 63.4 Å². The highest BCUT2D eigenvalue weighted by atomic mass is 16.7. The summed E-state index contributed by atoms with van der Waals surface area (Å²) in [7, 11) is 0. The molecule has 0 amide bonds. The number of aliphatic hydroxyl groups is 3. The molecule has 1 heterocycles. The van der Waals surface area contributed by atoms with Gasteiger partial charge in [0.15, 0.2) is 0 Å². The van der Waals surface area contributed by atoms with Gasteiger partial charge in [-0.15, -0.1) is 0 Å². The minimum Gasteiger partial charge on any atom is -0.481 e. The molecule has 1 aromatic rings. The van der Waals surface area contributed by atoms with Crippen LogP contribution in [-0.2, 0) is 16.1 Å². The Morgan fingerprint density at radius 3 is 2.50 bits per heavy atom.